The molecule has 90 valence electrons. The Morgan fingerprint density at radius 3 is 3.24 bits per heavy atom. The topological polar surface area (TPSA) is 53.4 Å². The highest BCUT2D eigenvalue weighted by Crippen LogP contribution is 2.30. The van der Waals surface area contributed by atoms with Gasteiger partial charge in [0.05, 0.1) is 0 Å². The van der Waals surface area contributed by atoms with Gasteiger partial charge in [0.15, 0.2) is 0 Å². The summed E-state index contributed by atoms with van der Waals surface area (Å²) >= 11 is 0. The van der Waals surface area contributed by atoms with Gasteiger partial charge in [0.25, 0.3) is 0 Å². The molecule has 0 aliphatic carbocycles. The Hall–Kier alpha value is -1.68. The van der Waals surface area contributed by atoms with Gasteiger partial charge in [0.1, 0.15) is 0 Å². The number of nitrogens with zero attached hydrogens (tertiary/aromatic N) is 2. The lowest BCUT2D eigenvalue weighted by molar-refractivity contribution is -0.131. The lowest BCUT2D eigenvalue weighted by Crippen LogP contribution is -2.23. The lowest BCUT2D eigenvalue weighted by atomic mass is 10.1. The molecule has 1 aromatic rings. The van der Waals surface area contributed by atoms with Gasteiger partial charge in [-0.2, -0.15) is 0 Å². The summed E-state index contributed by atoms with van der Waals surface area (Å²) in [4.78, 5) is 16.8. The van der Waals surface area contributed by atoms with Gasteiger partial charge in [0, 0.05) is 31.1 Å². The maximum Gasteiger partial charge on any atom is 0.328 e. The van der Waals surface area contributed by atoms with Crippen LogP contribution in [0.4, 0.5) is 0 Å². The third kappa shape index (κ3) is 3.14. The molecule has 1 aromatic heterocycles. The number of carboxylic acid groups (broad SMARTS) is 1. The first-order valence-corrected chi connectivity index (χ1v) is 5.81. The van der Waals surface area contributed by atoms with Crippen molar-refractivity contribution in [2.24, 2.45) is 0 Å². The van der Waals surface area contributed by atoms with Crippen molar-refractivity contribution >= 4 is 5.97 Å². The SMILES string of the molecule is O=C(O)C=CCN1CCCC1c1cccnc1. The largest absolute Gasteiger partial charge is 0.478 e. The predicted molar refractivity (Wildman–Crippen MR) is 64.6 cm³/mol. The van der Waals surface area contributed by atoms with Crippen LogP contribution in [-0.2, 0) is 4.79 Å². The maximum absolute atomic E-state index is 10.4. The van der Waals surface area contributed by atoms with Crippen LogP contribution in [0.25, 0.3) is 0 Å². The summed E-state index contributed by atoms with van der Waals surface area (Å²) in [5.74, 6) is -0.887. The van der Waals surface area contributed by atoms with Crippen LogP contribution in [0.3, 0.4) is 0 Å². The van der Waals surface area contributed by atoms with E-state index in [0.29, 0.717) is 12.6 Å². The zero-order valence-corrected chi connectivity index (χ0v) is 9.62. The lowest BCUT2D eigenvalue weighted by Gasteiger charge is -2.22. The van der Waals surface area contributed by atoms with E-state index in [1.165, 1.54) is 11.6 Å². The molecule has 0 saturated carbocycles. The monoisotopic (exact) mass is 232 g/mol. The van der Waals surface area contributed by atoms with E-state index in [9.17, 15) is 4.79 Å². The van der Waals surface area contributed by atoms with E-state index in [-0.39, 0.29) is 0 Å². The van der Waals surface area contributed by atoms with Crippen LogP contribution in [0.2, 0.25) is 0 Å². The third-order valence-electron chi connectivity index (χ3n) is 3.03. The van der Waals surface area contributed by atoms with Crippen molar-refractivity contribution < 1.29 is 9.90 Å². The molecule has 1 unspecified atom stereocenters. The molecule has 1 aliphatic heterocycles. The van der Waals surface area contributed by atoms with Gasteiger partial charge in [-0.1, -0.05) is 12.1 Å². The van der Waals surface area contributed by atoms with Crippen molar-refractivity contribution in [1.29, 1.82) is 0 Å². The summed E-state index contributed by atoms with van der Waals surface area (Å²) in [6.07, 6.45) is 8.85. The second-order valence-corrected chi connectivity index (χ2v) is 4.18. The molecule has 0 bridgehead atoms. The number of pyridine rings is 1. The fourth-order valence-corrected chi connectivity index (χ4v) is 2.28. The van der Waals surface area contributed by atoms with Crippen molar-refractivity contribution in [2.45, 2.75) is 18.9 Å². The number of carboxylic acids is 1. The maximum atomic E-state index is 10.4. The number of hydrogen-bond donors (Lipinski definition) is 1. The molecule has 0 radical (unpaired) electrons. The highest BCUT2D eigenvalue weighted by Gasteiger charge is 2.24. The first-order chi connectivity index (χ1) is 8.27. The molecule has 17 heavy (non-hydrogen) atoms. The molecule has 4 nitrogen and oxygen atoms in total. The molecular formula is C13H16N2O2. The van der Waals surface area contributed by atoms with Crippen LogP contribution < -0.4 is 0 Å². The van der Waals surface area contributed by atoms with E-state index in [4.69, 9.17) is 5.11 Å². The molecule has 1 saturated heterocycles. The van der Waals surface area contributed by atoms with E-state index in [1.54, 1.807) is 12.3 Å². The summed E-state index contributed by atoms with van der Waals surface area (Å²) in [6.45, 7) is 1.70. The van der Waals surface area contributed by atoms with E-state index >= 15 is 0 Å². The first-order valence-electron chi connectivity index (χ1n) is 5.81. The minimum Gasteiger partial charge on any atom is -0.478 e. The summed E-state index contributed by atoms with van der Waals surface area (Å²) in [5.41, 5.74) is 1.22. The Morgan fingerprint density at radius 1 is 1.65 bits per heavy atom. The zero-order valence-electron chi connectivity index (χ0n) is 9.62. The van der Waals surface area contributed by atoms with Gasteiger partial charge in [-0.05, 0) is 31.0 Å². The molecule has 1 atom stereocenters. The minimum absolute atomic E-state index is 0.377. The molecule has 0 spiro atoms. The Labute approximate surface area is 101 Å². The Kier molecular flexibility index (Phi) is 3.88. The van der Waals surface area contributed by atoms with Crippen molar-refractivity contribution in [3.63, 3.8) is 0 Å². The number of aliphatic carboxylic acids is 1. The number of likely N-dealkylation sites (tertiary alicyclic amines) is 1. The van der Waals surface area contributed by atoms with Gasteiger partial charge in [-0.15, -0.1) is 0 Å². The molecule has 1 fully saturated rings. The van der Waals surface area contributed by atoms with Gasteiger partial charge >= 0.3 is 5.97 Å². The Morgan fingerprint density at radius 2 is 2.53 bits per heavy atom. The highest BCUT2D eigenvalue weighted by atomic mass is 16.4. The molecule has 2 heterocycles. The summed E-state index contributed by atoms with van der Waals surface area (Å²) in [5, 5.41) is 8.56. The number of rotatable bonds is 4. The molecule has 4 heteroatoms. The minimum atomic E-state index is -0.887. The van der Waals surface area contributed by atoms with Crippen LogP contribution in [-0.4, -0.2) is 34.0 Å². The molecule has 1 aliphatic rings. The van der Waals surface area contributed by atoms with E-state index in [1.807, 2.05) is 12.3 Å². The highest BCUT2D eigenvalue weighted by molar-refractivity contribution is 5.79. The summed E-state index contributed by atoms with van der Waals surface area (Å²) < 4.78 is 0. The quantitative estimate of drug-likeness (QED) is 0.805. The molecule has 2 rings (SSSR count). The number of hydrogen-bond acceptors (Lipinski definition) is 3. The fraction of sp³-hybridized carbons (Fsp3) is 0.385. The summed E-state index contributed by atoms with van der Waals surface area (Å²) in [6, 6.07) is 4.40. The van der Waals surface area contributed by atoms with Crippen molar-refractivity contribution in [2.75, 3.05) is 13.1 Å². The van der Waals surface area contributed by atoms with Crippen LogP contribution in [0.15, 0.2) is 36.7 Å². The zero-order chi connectivity index (χ0) is 12.1. The standard InChI is InChI=1S/C13H16N2O2/c16-13(17)6-3-9-15-8-2-5-12(15)11-4-1-7-14-10-11/h1,3-4,6-7,10,12H,2,5,8-9H2,(H,16,17). The van der Waals surface area contributed by atoms with Crippen molar-refractivity contribution in [3.05, 3.63) is 42.2 Å². The second kappa shape index (κ2) is 5.59. The van der Waals surface area contributed by atoms with Crippen molar-refractivity contribution in [3.8, 4) is 0 Å². The second-order valence-electron chi connectivity index (χ2n) is 4.18. The van der Waals surface area contributed by atoms with E-state index < -0.39 is 5.97 Å². The molecule has 1 N–H and O–H groups in total. The van der Waals surface area contributed by atoms with Crippen LogP contribution in [0.1, 0.15) is 24.4 Å². The van der Waals surface area contributed by atoms with Gasteiger partial charge in [0.2, 0.25) is 0 Å². The molecule has 0 aromatic carbocycles. The predicted octanol–water partition coefficient (Wildman–Crippen LogP) is 1.86. The number of aromatic nitrogens is 1. The Bertz CT molecular complexity index is 403. The molecule has 0 amide bonds. The summed E-state index contributed by atoms with van der Waals surface area (Å²) in [7, 11) is 0. The smallest absolute Gasteiger partial charge is 0.328 e. The number of carbonyl (C=O) groups is 1. The average molecular weight is 232 g/mol. The fourth-order valence-electron chi connectivity index (χ4n) is 2.28. The normalized spacial score (nSPS) is 21.1. The van der Waals surface area contributed by atoms with Crippen molar-refractivity contribution in [1.82, 2.24) is 9.88 Å². The van der Waals surface area contributed by atoms with Gasteiger partial charge < -0.3 is 5.11 Å². The van der Waals surface area contributed by atoms with E-state index in [0.717, 1.165) is 19.4 Å². The van der Waals surface area contributed by atoms with E-state index in [2.05, 4.69) is 16.0 Å². The van der Waals surface area contributed by atoms with Crippen LogP contribution in [0.5, 0.6) is 0 Å². The third-order valence-corrected chi connectivity index (χ3v) is 3.03. The Balaban J connectivity index is 2.00. The molecular weight excluding hydrogens is 216 g/mol. The van der Waals surface area contributed by atoms with Crippen LogP contribution >= 0.6 is 0 Å². The van der Waals surface area contributed by atoms with Crippen LogP contribution in [0, 0.1) is 0 Å². The van der Waals surface area contributed by atoms with Gasteiger partial charge in [-0.25, -0.2) is 4.79 Å². The van der Waals surface area contributed by atoms with Gasteiger partial charge in [-0.3, -0.25) is 9.88 Å². The average Bonchev–Trinajstić information content (AvgIpc) is 2.78. The first kappa shape index (κ1) is 11.8.